The van der Waals surface area contributed by atoms with Crippen molar-refractivity contribution < 1.29 is 9.59 Å². The number of para-hydroxylation sites is 2. The number of anilines is 1. The summed E-state index contributed by atoms with van der Waals surface area (Å²) in [7, 11) is 0. The van der Waals surface area contributed by atoms with E-state index >= 15 is 0 Å². The number of benzene rings is 2. The van der Waals surface area contributed by atoms with E-state index in [1.807, 2.05) is 34.1 Å². The highest BCUT2D eigenvalue weighted by Crippen LogP contribution is 2.43. The number of carbonyl (C=O) groups excluding carboxylic acids is 2. The molecule has 2 aliphatic carbocycles. The van der Waals surface area contributed by atoms with E-state index in [9.17, 15) is 9.59 Å². The fourth-order valence-electron chi connectivity index (χ4n) is 6.00. The minimum absolute atomic E-state index is 0.00698. The van der Waals surface area contributed by atoms with Gasteiger partial charge < -0.3 is 9.47 Å². The highest BCUT2D eigenvalue weighted by Gasteiger charge is 2.41. The van der Waals surface area contributed by atoms with Gasteiger partial charge in [-0.3, -0.25) is 14.5 Å². The molecule has 2 saturated carbocycles. The average Bonchev–Trinajstić information content (AvgIpc) is 3.61. The van der Waals surface area contributed by atoms with E-state index < -0.39 is 0 Å². The van der Waals surface area contributed by atoms with Crippen LogP contribution in [-0.2, 0) is 9.59 Å². The van der Waals surface area contributed by atoms with Crippen molar-refractivity contribution >= 4 is 17.5 Å². The van der Waals surface area contributed by atoms with Crippen molar-refractivity contribution in [3.8, 4) is 5.69 Å². The summed E-state index contributed by atoms with van der Waals surface area (Å²) in [6, 6.07) is 20.7. The molecule has 3 aliphatic rings. The van der Waals surface area contributed by atoms with Gasteiger partial charge in [-0.25, -0.2) is 0 Å². The highest BCUT2D eigenvalue weighted by atomic mass is 16.2. The molecule has 180 valence electrons. The monoisotopic (exact) mass is 467 g/mol. The van der Waals surface area contributed by atoms with Crippen LogP contribution in [0.25, 0.3) is 5.69 Å². The van der Waals surface area contributed by atoms with Crippen LogP contribution in [0.1, 0.15) is 67.8 Å². The van der Waals surface area contributed by atoms with Crippen LogP contribution in [0, 0.1) is 12.8 Å². The Morgan fingerprint density at radius 2 is 1.66 bits per heavy atom. The van der Waals surface area contributed by atoms with Crippen LogP contribution < -0.4 is 4.90 Å². The third-order valence-electron chi connectivity index (χ3n) is 7.88. The van der Waals surface area contributed by atoms with Crippen molar-refractivity contribution in [3.63, 3.8) is 0 Å². The van der Waals surface area contributed by atoms with E-state index in [4.69, 9.17) is 0 Å². The van der Waals surface area contributed by atoms with E-state index in [2.05, 4.69) is 54.1 Å². The quantitative estimate of drug-likeness (QED) is 0.477. The lowest BCUT2D eigenvalue weighted by molar-refractivity contribution is -0.140. The Hall–Kier alpha value is -3.34. The van der Waals surface area contributed by atoms with Crippen LogP contribution in [0.4, 0.5) is 5.69 Å². The maximum atomic E-state index is 14.2. The Bertz CT molecular complexity index is 1250. The van der Waals surface area contributed by atoms with Crippen LogP contribution in [0.5, 0.6) is 0 Å². The second kappa shape index (κ2) is 9.03. The molecule has 2 amide bonds. The smallest absolute Gasteiger partial charge is 0.247 e. The molecule has 0 N–H and O–H groups in total. The fraction of sp³-hybridized carbons (Fsp3) is 0.400. The molecule has 0 bridgehead atoms. The second-order valence-corrected chi connectivity index (χ2v) is 10.4. The van der Waals surface area contributed by atoms with Gasteiger partial charge in [0.2, 0.25) is 11.8 Å². The molecule has 2 heterocycles. The molecule has 5 heteroatoms. The zero-order valence-corrected chi connectivity index (χ0v) is 20.4. The molecule has 1 aromatic heterocycles. The molecule has 1 unspecified atom stereocenters. The predicted molar refractivity (Wildman–Crippen MR) is 138 cm³/mol. The first kappa shape index (κ1) is 22.1. The van der Waals surface area contributed by atoms with E-state index in [1.165, 1.54) is 12.0 Å². The second-order valence-electron chi connectivity index (χ2n) is 10.4. The Balaban J connectivity index is 1.39. The molecular formula is C30H33N3O2. The maximum absolute atomic E-state index is 14.2. The molecule has 1 atom stereocenters. The van der Waals surface area contributed by atoms with Gasteiger partial charge in [0, 0.05) is 18.2 Å². The lowest BCUT2D eigenvalue weighted by Gasteiger charge is -2.40. The molecular weight excluding hydrogens is 434 g/mol. The number of aryl methyl sites for hydroxylation is 1. The van der Waals surface area contributed by atoms with Crippen molar-refractivity contribution in [2.75, 3.05) is 11.4 Å². The zero-order valence-electron chi connectivity index (χ0n) is 20.4. The third kappa shape index (κ3) is 4.07. The number of fused-ring (bicyclic) bond motifs is 3. The molecule has 1 aliphatic heterocycles. The van der Waals surface area contributed by atoms with Crippen LogP contribution >= 0.6 is 0 Å². The average molecular weight is 468 g/mol. The standard InChI is InChI=1S/C30H33N3O2/c1-21-9-7-12-23(19-21)29-27-15-8-18-31(27)25-13-5-6-14-26(25)33(29)28(34)20-32(24-16-17-24)30(35)22-10-3-2-4-11-22/h5-9,12-15,18-19,22,24,29H,2-4,10-11,16-17,20H2,1H3. The van der Waals surface area contributed by atoms with Crippen molar-refractivity contribution in [1.29, 1.82) is 0 Å². The van der Waals surface area contributed by atoms with E-state index in [1.54, 1.807) is 0 Å². The van der Waals surface area contributed by atoms with Crippen molar-refractivity contribution in [3.05, 3.63) is 83.7 Å². The van der Waals surface area contributed by atoms with Gasteiger partial charge in [-0.15, -0.1) is 0 Å². The van der Waals surface area contributed by atoms with Gasteiger partial charge in [0.15, 0.2) is 0 Å². The molecule has 35 heavy (non-hydrogen) atoms. The van der Waals surface area contributed by atoms with E-state index in [0.29, 0.717) is 0 Å². The molecule has 5 nitrogen and oxygen atoms in total. The summed E-state index contributed by atoms with van der Waals surface area (Å²) in [6.07, 6.45) is 9.46. The van der Waals surface area contributed by atoms with Gasteiger partial charge in [0.1, 0.15) is 12.6 Å². The SMILES string of the molecule is Cc1cccc(C2c3cccn3-c3ccccc3N2C(=O)CN(C(=O)C2CCCCC2)C2CC2)c1. The normalized spacial score (nSPS) is 19.7. The first-order chi connectivity index (χ1) is 17.1. The Labute approximate surface area is 207 Å². The first-order valence-electron chi connectivity index (χ1n) is 13.1. The lowest BCUT2D eigenvalue weighted by Crippen LogP contribution is -2.48. The van der Waals surface area contributed by atoms with Gasteiger partial charge in [-0.1, -0.05) is 61.2 Å². The molecule has 0 radical (unpaired) electrons. The van der Waals surface area contributed by atoms with Crippen LogP contribution in [0.2, 0.25) is 0 Å². The molecule has 6 rings (SSSR count). The van der Waals surface area contributed by atoms with Crippen molar-refractivity contribution in [2.45, 2.75) is 64.0 Å². The summed E-state index contributed by atoms with van der Waals surface area (Å²) >= 11 is 0. The molecule has 3 aromatic rings. The Kier molecular flexibility index (Phi) is 5.71. The number of aromatic nitrogens is 1. The number of hydrogen-bond donors (Lipinski definition) is 0. The van der Waals surface area contributed by atoms with Gasteiger partial charge >= 0.3 is 0 Å². The predicted octanol–water partition coefficient (Wildman–Crippen LogP) is 5.79. The van der Waals surface area contributed by atoms with Crippen molar-refractivity contribution in [2.24, 2.45) is 5.92 Å². The Morgan fingerprint density at radius 3 is 2.40 bits per heavy atom. The van der Waals surface area contributed by atoms with Crippen LogP contribution in [0.15, 0.2) is 66.9 Å². The molecule has 0 spiro atoms. The highest BCUT2D eigenvalue weighted by molar-refractivity contribution is 6.00. The molecule has 2 aromatic carbocycles. The topological polar surface area (TPSA) is 45.6 Å². The first-order valence-corrected chi connectivity index (χ1v) is 13.1. The van der Waals surface area contributed by atoms with Gasteiger partial charge in [0.05, 0.1) is 17.1 Å². The summed E-state index contributed by atoms with van der Waals surface area (Å²) in [6.45, 7) is 2.24. The number of rotatable bonds is 5. The largest absolute Gasteiger partial charge is 0.330 e. The van der Waals surface area contributed by atoms with Crippen LogP contribution in [-0.4, -0.2) is 33.9 Å². The maximum Gasteiger partial charge on any atom is 0.247 e. The number of carbonyl (C=O) groups is 2. The number of nitrogens with zero attached hydrogens (tertiary/aromatic N) is 3. The third-order valence-corrected chi connectivity index (χ3v) is 7.88. The van der Waals surface area contributed by atoms with E-state index in [0.717, 1.165) is 61.2 Å². The van der Waals surface area contributed by atoms with Gasteiger partial charge in [-0.2, -0.15) is 0 Å². The summed E-state index contributed by atoms with van der Waals surface area (Å²) < 4.78 is 2.19. The van der Waals surface area contributed by atoms with E-state index in [-0.39, 0.29) is 36.4 Å². The summed E-state index contributed by atoms with van der Waals surface area (Å²) in [5.74, 6) is 0.268. The lowest BCUT2D eigenvalue weighted by atomic mass is 9.88. The fourth-order valence-corrected chi connectivity index (χ4v) is 6.00. The minimum atomic E-state index is -0.238. The number of hydrogen-bond acceptors (Lipinski definition) is 2. The Morgan fingerprint density at radius 1 is 0.886 bits per heavy atom. The number of amides is 2. The van der Waals surface area contributed by atoms with Crippen molar-refractivity contribution in [1.82, 2.24) is 9.47 Å². The van der Waals surface area contributed by atoms with Gasteiger partial charge in [-0.05, 0) is 62.4 Å². The summed E-state index contributed by atoms with van der Waals surface area (Å²) in [5, 5.41) is 0. The zero-order chi connectivity index (χ0) is 23.9. The molecule has 2 fully saturated rings. The molecule has 0 saturated heterocycles. The van der Waals surface area contributed by atoms with Gasteiger partial charge in [0.25, 0.3) is 0 Å². The minimum Gasteiger partial charge on any atom is -0.330 e. The van der Waals surface area contributed by atoms with Crippen LogP contribution in [0.3, 0.4) is 0 Å². The summed E-state index contributed by atoms with van der Waals surface area (Å²) in [5.41, 5.74) is 5.22. The summed E-state index contributed by atoms with van der Waals surface area (Å²) in [4.78, 5) is 31.6.